The van der Waals surface area contributed by atoms with E-state index in [1.54, 1.807) is 27.7 Å². The Hall–Kier alpha value is -3.76. The third kappa shape index (κ3) is 5.87. The fraction of sp³-hybridized carbons (Fsp3) is 0.286. The first kappa shape index (κ1) is 25.9. The van der Waals surface area contributed by atoms with Crippen LogP contribution < -0.4 is 0 Å². The van der Waals surface area contributed by atoms with Crippen molar-refractivity contribution in [2.24, 2.45) is 0 Å². The zero-order valence-electron chi connectivity index (χ0n) is 20.7. The molecule has 1 unspecified atom stereocenters. The molecule has 0 spiro atoms. The van der Waals surface area contributed by atoms with E-state index in [0.29, 0.717) is 18.8 Å². The Morgan fingerprint density at radius 3 is 2.58 bits per heavy atom. The zero-order chi connectivity index (χ0) is 26.5. The first-order chi connectivity index (χ1) is 18.4. The highest BCUT2D eigenvalue weighted by atomic mass is 32.2. The van der Waals surface area contributed by atoms with Gasteiger partial charge in [0.25, 0.3) is 5.91 Å². The van der Waals surface area contributed by atoms with Crippen LogP contribution in [0.1, 0.15) is 40.2 Å². The number of nitrogens with zero attached hydrogens (tertiary/aromatic N) is 3. The van der Waals surface area contributed by atoms with E-state index in [9.17, 15) is 17.6 Å². The van der Waals surface area contributed by atoms with Gasteiger partial charge in [-0.1, -0.05) is 48.5 Å². The average molecular weight is 538 g/mol. The summed E-state index contributed by atoms with van der Waals surface area (Å²) in [4.78, 5) is 19.2. The van der Waals surface area contributed by atoms with E-state index in [1.165, 1.54) is 30.7 Å². The van der Waals surface area contributed by atoms with Crippen molar-refractivity contribution in [1.82, 2.24) is 14.5 Å². The van der Waals surface area contributed by atoms with Crippen LogP contribution in [-0.4, -0.2) is 48.0 Å². The van der Waals surface area contributed by atoms with Gasteiger partial charge in [0.05, 0.1) is 43.1 Å². The number of amides is 1. The van der Waals surface area contributed by atoms with Crippen molar-refractivity contribution < 1.29 is 26.8 Å². The third-order valence-corrected chi connectivity index (χ3v) is 8.06. The summed E-state index contributed by atoms with van der Waals surface area (Å²) in [5.41, 5.74) is 1.45. The van der Waals surface area contributed by atoms with Crippen molar-refractivity contribution in [1.29, 1.82) is 0 Å². The van der Waals surface area contributed by atoms with Crippen LogP contribution in [0.4, 0.5) is 4.39 Å². The molecule has 1 aliphatic rings. The molecule has 2 aromatic heterocycles. The topological polar surface area (TPSA) is 94.6 Å². The Kier molecular flexibility index (Phi) is 7.71. The summed E-state index contributed by atoms with van der Waals surface area (Å²) in [5, 5.41) is -0.179. The third-order valence-electron chi connectivity index (χ3n) is 6.49. The SMILES string of the molecule is O=C(c1ccco1)N(Cc1cnc(S(=O)(=O)Cc2ccccc2F)n1Cc1ccccc1)CC1CCCO1. The molecular weight excluding hydrogens is 509 g/mol. The summed E-state index contributed by atoms with van der Waals surface area (Å²) < 4.78 is 54.0. The molecule has 3 heterocycles. The van der Waals surface area contributed by atoms with E-state index >= 15 is 0 Å². The van der Waals surface area contributed by atoms with Crippen molar-refractivity contribution in [3.8, 4) is 0 Å². The highest BCUT2D eigenvalue weighted by molar-refractivity contribution is 7.90. The van der Waals surface area contributed by atoms with Gasteiger partial charge in [0.2, 0.25) is 15.0 Å². The molecule has 1 aliphatic heterocycles. The Labute approximate surface area is 220 Å². The van der Waals surface area contributed by atoms with Crippen LogP contribution in [0.3, 0.4) is 0 Å². The molecule has 0 radical (unpaired) electrons. The standard InChI is InChI=1S/C28H28FN3O5S/c29-25-12-5-4-10-22(25)20-38(34,35)28-30-16-23(32(28)17-21-8-2-1-3-9-21)18-31(19-24-11-6-14-36-24)27(33)26-13-7-15-37-26/h1-5,7-10,12-13,15-16,24H,6,11,14,17-20H2. The molecule has 8 nitrogen and oxygen atoms in total. The molecule has 1 amide bonds. The molecule has 0 saturated carbocycles. The van der Waals surface area contributed by atoms with Crippen LogP contribution in [0.2, 0.25) is 0 Å². The summed E-state index contributed by atoms with van der Waals surface area (Å²) in [5.74, 6) is -1.27. The summed E-state index contributed by atoms with van der Waals surface area (Å²) in [6.07, 6.45) is 4.52. The van der Waals surface area contributed by atoms with Gasteiger partial charge in [0.15, 0.2) is 5.76 Å². The molecule has 5 rings (SSSR count). The van der Waals surface area contributed by atoms with E-state index in [0.717, 1.165) is 18.4 Å². The molecule has 1 saturated heterocycles. The lowest BCUT2D eigenvalue weighted by Crippen LogP contribution is -2.37. The number of imidazole rings is 1. The van der Waals surface area contributed by atoms with Gasteiger partial charge in [0.1, 0.15) is 5.82 Å². The maximum absolute atomic E-state index is 14.3. The van der Waals surface area contributed by atoms with Crippen LogP contribution in [0, 0.1) is 5.82 Å². The molecule has 10 heteroatoms. The number of ether oxygens (including phenoxy) is 1. The van der Waals surface area contributed by atoms with E-state index in [2.05, 4.69) is 4.98 Å². The Morgan fingerprint density at radius 2 is 1.87 bits per heavy atom. The Morgan fingerprint density at radius 1 is 1.08 bits per heavy atom. The minimum atomic E-state index is -4.02. The van der Waals surface area contributed by atoms with Gasteiger partial charge in [-0.2, -0.15) is 0 Å². The number of carbonyl (C=O) groups is 1. The van der Waals surface area contributed by atoms with Crippen LogP contribution in [-0.2, 0) is 33.4 Å². The molecule has 38 heavy (non-hydrogen) atoms. The van der Waals surface area contributed by atoms with Gasteiger partial charge >= 0.3 is 0 Å². The maximum Gasteiger partial charge on any atom is 0.289 e. The van der Waals surface area contributed by atoms with E-state index < -0.39 is 21.4 Å². The molecule has 0 N–H and O–H groups in total. The van der Waals surface area contributed by atoms with Gasteiger partial charge in [-0.25, -0.2) is 17.8 Å². The molecule has 4 aromatic rings. The highest BCUT2D eigenvalue weighted by Crippen LogP contribution is 2.23. The Bertz CT molecular complexity index is 1480. The summed E-state index contributed by atoms with van der Waals surface area (Å²) in [6, 6.07) is 18.4. The summed E-state index contributed by atoms with van der Waals surface area (Å²) >= 11 is 0. The van der Waals surface area contributed by atoms with E-state index in [1.807, 2.05) is 30.3 Å². The number of benzene rings is 2. The smallest absolute Gasteiger partial charge is 0.289 e. The zero-order valence-corrected chi connectivity index (χ0v) is 21.5. The number of hydrogen-bond donors (Lipinski definition) is 0. The number of furan rings is 1. The second-order valence-electron chi connectivity index (χ2n) is 9.25. The maximum atomic E-state index is 14.3. The van der Waals surface area contributed by atoms with Crippen LogP contribution in [0.5, 0.6) is 0 Å². The van der Waals surface area contributed by atoms with Crippen LogP contribution in [0.25, 0.3) is 0 Å². The van der Waals surface area contributed by atoms with E-state index in [-0.39, 0.29) is 41.6 Å². The molecule has 2 aromatic carbocycles. The van der Waals surface area contributed by atoms with Gasteiger partial charge in [0, 0.05) is 18.7 Å². The summed E-state index contributed by atoms with van der Waals surface area (Å²) in [6.45, 7) is 1.27. The quantitative estimate of drug-likeness (QED) is 0.297. The minimum absolute atomic E-state index is 0.0660. The molecular formula is C28H28FN3O5S. The van der Waals surface area contributed by atoms with Crippen molar-refractivity contribution in [2.75, 3.05) is 13.2 Å². The second kappa shape index (κ2) is 11.3. The monoisotopic (exact) mass is 537 g/mol. The van der Waals surface area contributed by atoms with E-state index in [4.69, 9.17) is 9.15 Å². The Balaban J connectivity index is 1.51. The molecule has 1 fully saturated rings. The summed E-state index contributed by atoms with van der Waals surface area (Å²) in [7, 11) is -4.02. The molecule has 198 valence electrons. The highest BCUT2D eigenvalue weighted by Gasteiger charge is 2.29. The van der Waals surface area contributed by atoms with Crippen LogP contribution in [0.15, 0.2) is 88.8 Å². The lowest BCUT2D eigenvalue weighted by molar-refractivity contribution is 0.0478. The average Bonchev–Trinajstić information content (AvgIpc) is 3.69. The number of halogens is 1. The largest absolute Gasteiger partial charge is 0.459 e. The fourth-order valence-electron chi connectivity index (χ4n) is 4.59. The van der Waals surface area contributed by atoms with Crippen molar-refractivity contribution in [3.63, 3.8) is 0 Å². The lowest BCUT2D eigenvalue weighted by Gasteiger charge is -2.25. The van der Waals surface area contributed by atoms with Crippen LogP contribution >= 0.6 is 0 Å². The predicted octanol–water partition coefficient (Wildman–Crippen LogP) is 4.46. The molecule has 1 atom stereocenters. The van der Waals surface area contributed by atoms with Gasteiger partial charge in [-0.15, -0.1) is 0 Å². The predicted molar refractivity (Wildman–Crippen MR) is 137 cm³/mol. The lowest BCUT2D eigenvalue weighted by atomic mass is 10.2. The number of hydrogen-bond acceptors (Lipinski definition) is 6. The first-order valence-corrected chi connectivity index (χ1v) is 14.0. The minimum Gasteiger partial charge on any atom is -0.459 e. The van der Waals surface area contributed by atoms with Gasteiger partial charge in [-0.05, 0) is 36.6 Å². The van der Waals surface area contributed by atoms with Gasteiger partial charge < -0.3 is 18.6 Å². The van der Waals surface area contributed by atoms with Gasteiger partial charge in [-0.3, -0.25) is 4.79 Å². The number of sulfone groups is 1. The first-order valence-electron chi connectivity index (χ1n) is 12.4. The number of carbonyl (C=O) groups excluding carboxylic acids is 1. The van der Waals surface area contributed by atoms with Crippen molar-refractivity contribution in [2.45, 2.75) is 42.9 Å². The second-order valence-corrected chi connectivity index (χ2v) is 11.1. The normalized spacial score (nSPS) is 15.6. The van der Waals surface area contributed by atoms with Crippen molar-refractivity contribution >= 4 is 15.7 Å². The fourth-order valence-corrected chi connectivity index (χ4v) is 6.09. The molecule has 0 aliphatic carbocycles. The molecule has 0 bridgehead atoms. The number of rotatable bonds is 10. The number of aromatic nitrogens is 2. The van der Waals surface area contributed by atoms with Crippen molar-refractivity contribution in [3.05, 3.63) is 108 Å².